The third-order valence-electron chi connectivity index (χ3n) is 3.82. The van der Waals surface area contributed by atoms with Crippen LogP contribution in [0, 0.1) is 5.92 Å². The standard InChI is InChI=1S/C12H22N2O2/c15-8-4-7-14-9-11(13-12(14)16)10-5-2-1-3-6-10/h10-11,15H,1-9H2,(H,13,16). The van der Waals surface area contributed by atoms with E-state index in [1.807, 2.05) is 4.90 Å². The lowest BCUT2D eigenvalue weighted by Crippen LogP contribution is -2.35. The van der Waals surface area contributed by atoms with Gasteiger partial charge in [-0.25, -0.2) is 4.79 Å². The van der Waals surface area contributed by atoms with Crippen molar-refractivity contribution in [2.75, 3.05) is 19.7 Å². The van der Waals surface area contributed by atoms with Gasteiger partial charge in [-0.1, -0.05) is 19.3 Å². The van der Waals surface area contributed by atoms with E-state index in [4.69, 9.17) is 5.11 Å². The summed E-state index contributed by atoms with van der Waals surface area (Å²) < 4.78 is 0. The van der Waals surface area contributed by atoms with Crippen molar-refractivity contribution in [3.63, 3.8) is 0 Å². The molecule has 0 aromatic carbocycles. The van der Waals surface area contributed by atoms with E-state index >= 15 is 0 Å². The van der Waals surface area contributed by atoms with Gasteiger partial charge in [0, 0.05) is 19.7 Å². The van der Waals surface area contributed by atoms with Gasteiger partial charge in [0.05, 0.1) is 6.04 Å². The first kappa shape index (κ1) is 11.7. The second-order valence-corrected chi connectivity index (χ2v) is 4.98. The van der Waals surface area contributed by atoms with Crippen molar-refractivity contribution in [3.05, 3.63) is 0 Å². The molecule has 4 heteroatoms. The van der Waals surface area contributed by atoms with Crippen molar-refractivity contribution >= 4 is 6.03 Å². The van der Waals surface area contributed by atoms with E-state index in [-0.39, 0.29) is 12.6 Å². The van der Waals surface area contributed by atoms with E-state index in [1.165, 1.54) is 32.1 Å². The van der Waals surface area contributed by atoms with E-state index in [9.17, 15) is 4.79 Å². The highest BCUT2D eigenvalue weighted by molar-refractivity contribution is 5.76. The molecule has 1 atom stereocenters. The number of aliphatic hydroxyl groups excluding tert-OH is 1. The Bertz CT molecular complexity index is 239. The van der Waals surface area contributed by atoms with Gasteiger partial charge in [-0.2, -0.15) is 0 Å². The minimum absolute atomic E-state index is 0.0593. The number of hydrogen-bond acceptors (Lipinski definition) is 2. The number of aliphatic hydroxyl groups is 1. The fourth-order valence-corrected chi connectivity index (χ4v) is 2.87. The molecule has 16 heavy (non-hydrogen) atoms. The molecule has 1 aliphatic heterocycles. The van der Waals surface area contributed by atoms with Gasteiger partial charge in [0.25, 0.3) is 0 Å². The van der Waals surface area contributed by atoms with E-state index < -0.39 is 0 Å². The van der Waals surface area contributed by atoms with Gasteiger partial charge in [-0.3, -0.25) is 0 Å². The molecule has 2 amide bonds. The Morgan fingerprint density at radius 2 is 2.06 bits per heavy atom. The van der Waals surface area contributed by atoms with E-state index in [1.54, 1.807) is 0 Å². The summed E-state index contributed by atoms with van der Waals surface area (Å²) in [6.07, 6.45) is 7.19. The monoisotopic (exact) mass is 226 g/mol. The van der Waals surface area contributed by atoms with Gasteiger partial charge in [0.1, 0.15) is 0 Å². The van der Waals surface area contributed by atoms with Crippen LogP contribution in [0.4, 0.5) is 4.79 Å². The fourth-order valence-electron chi connectivity index (χ4n) is 2.87. The van der Waals surface area contributed by atoms with Crippen molar-refractivity contribution in [2.24, 2.45) is 5.92 Å². The van der Waals surface area contributed by atoms with Crippen LogP contribution >= 0.6 is 0 Å². The molecule has 2 N–H and O–H groups in total. The van der Waals surface area contributed by atoms with Gasteiger partial charge in [-0.15, -0.1) is 0 Å². The van der Waals surface area contributed by atoms with Crippen LogP contribution in [0.3, 0.4) is 0 Å². The number of rotatable bonds is 4. The van der Waals surface area contributed by atoms with Crippen molar-refractivity contribution < 1.29 is 9.90 Å². The van der Waals surface area contributed by atoms with Crippen LogP contribution in [-0.2, 0) is 0 Å². The van der Waals surface area contributed by atoms with Crippen LogP contribution in [0.25, 0.3) is 0 Å². The number of carbonyl (C=O) groups is 1. The number of nitrogens with one attached hydrogen (secondary N) is 1. The van der Waals surface area contributed by atoms with E-state index in [0.717, 1.165) is 6.54 Å². The highest BCUT2D eigenvalue weighted by atomic mass is 16.3. The third-order valence-corrected chi connectivity index (χ3v) is 3.82. The van der Waals surface area contributed by atoms with Gasteiger partial charge in [-0.05, 0) is 25.2 Å². The number of urea groups is 1. The molecule has 0 aromatic rings. The Hall–Kier alpha value is -0.770. The minimum atomic E-state index is 0.0593. The first-order valence-electron chi connectivity index (χ1n) is 6.47. The highest BCUT2D eigenvalue weighted by Crippen LogP contribution is 2.28. The van der Waals surface area contributed by atoms with Crippen molar-refractivity contribution in [2.45, 2.75) is 44.6 Å². The molecule has 1 aliphatic carbocycles. The van der Waals surface area contributed by atoms with Crippen molar-refractivity contribution in [1.29, 1.82) is 0 Å². The molecule has 1 saturated heterocycles. The predicted octanol–water partition coefficient (Wildman–Crippen LogP) is 1.34. The molecule has 2 fully saturated rings. The molecule has 1 heterocycles. The summed E-state index contributed by atoms with van der Waals surface area (Å²) >= 11 is 0. The Kier molecular flexibility index (Phi) is 4.04. The van der Waals surface area contributed by atoms with E-state index in [0.29, 0.717) is 24.9 Å². The summed E-state index contributed by atoms with van der Waals surface area (Å²) in [6, 6.07) is 0.413. The predicted molar refractivity (Wildman–Crippen MR) is 62.2 cm³/mol. The first-order valence-corrected chi connectivity index (χ1v) is 6.47. The summed E-state index contributed by atoms with van der Waals surface area (Å²) in [7, 11) is 0. The molecule has 0 radical (unpaired) electrons. The van der Waals surface area contributed by atoms with Gasteiger partial charge >= 0.3 is 6.03 Å². The fraction of sp³-hybridized carbons (Fsp3) is 0.917. The Morgan fingerprint density at radius 1 is 1.31 bits per heavy atom. The number of amides is 2. The average Bonchev–Trinajstić information content (AvgIpc) is 2.69. The molecule has 1 saturated carbocycles. The summed E-state index contributed by atoms with van der Waals surface area (Å²) in [5.74, 6) is 0.678. The lowest BCUT2D eigenvalue weighted by Gasteiger charge is -2.26. The molecule has 92 valence electrons. The molecular formula is C12H22N2O2. The smallest absolute Gasteiger partial charge is 0.317 e. The molecule has 2 aliphatic rings. The van der Waals surface area contributed by atoms with Crippen LogP contribution in [0.15, 0.2) is 0 Å². The molecule has 1 unspecified atom stereocenters. The normalized spacial score (nSPS) is 27.2. The van der Waals surface area contributed by atoms with Crippen molar-refractivity contribution in [3.8, 4) is 0 Å². The lowest BCUT2D eigenvalue weighted by atomic mass is 9.84. The first-order chi connectivity index (χ1) is 7.81. The summed E-state index contributed by atoms with van der Waals surface area (Å²) in [4.78, 5) is 13.5. The summed E-state index contributed by atoms with van der Waals surface area (Å²) in [5, 5.41) is 11.9. The molecule has 2 rings (SSSR count). The van der Waals surface area contributed by atoms with Crippen LogP contribution in [0.1, 0.15) is 38.5 Å². The minimum Gasteiger partial charge on any atom is -0.396 e. The zero-order valence-corrected chi connectivity index (χ0v) is 9.82. The Morgan fingerprint density at radius 3 is 2.75 bits per heavy atom. The third kappa shape index (κ3) is 2.67. The molecular weight excluding hydrogens is 204 g/mol. The quantitative estimate of drug-likeness (QED) is 0.760. The maximum absolute atomic E-state index is 11.7. The maximum Gasteiger partial charge on any atom is 0.317 e. The molecule has 4 nitrogen and oxygen atoms in total. The van der Waals surface area contributed by atoms with E-state index in [2.05, 4.69) is 5.32 Å². The van der Waals surface area contributed by atoms with Crippen LogP contribution in [-0.4, -0.2) is 41.8 Å². The van der Waals surface area contributed by atoms with Crippen LogP contribution in [0.2, 0.25) is 0 Å². The number of carbonyl (C=O) groups excluding carboxylic acids is 1. The largest absolute Gasteiger partial charge is 0.396 e. The Balaban J connectivity index is 1.82. The van der Waals surface area contributed by atoms with Crippen LogP contribution < -0.4 is 5.32 Å². The zero-order valence-electron chi connectivity index (χ0n) is 9.82. The average molecular weight is 226 g/mol. The number of nitrogens with zero attached hydrogens (tertiary/aromatic N) is 1. The number of hydrogen-bond donors (Lipinski definition) is 2. The van der Waals surface area contributed by atoms with Gasteiger partial charge in [0.2, 0.25) is 0 Å². The lowest BCUT2D eigenvalue weighted by molar-refractivity contribution is 0.208. The van der Waals surface area contributed by atoms with Gasteiger partial charge < -0.3 is 15.3 Å². The Labute approximate surface area is 97.0 Å². The zero-order chi connectivity index (χ0) is 11.4. The van der Waals surface area contributed by atoms with Gasteiger partial charge in [0.15, 0.2) is 0 Å². The second-order valence-electron chi connectivity index (χ2n) is 4.98. The molecule has 0 aromatic heterocycles. The van der Waals surface area contributed by atoms with Crippen LogP contribution in [0.5, 0.6) is 0 Å². The highest BCUT2D eigenvalue weighted by Gasteiger charge is 2.33. The SMILES string of the molecule is O=C1NC(C2CCCCC2)CN1CCCO. The van der Waals surface area contributed by atoms with Crippen molar-refractivity contribution in [1.82, 2.24) is 10.2 Å². The topological polar surface area (TPSA) is 52.6 Å². The summed E-state index contributed by atoms with van der Waals surface area (Å²) in [6.45, 7) is 1.69. The molecule has 0 bridgehead atoms. The maximum atomic E-state index is 11.7. The molecule has 0 spiro atoms. The summed E-state index contributed by atoms with van der Waals surface area (Å²) in [5.41, 5.74) is 0. The second kappa shape index (κ2) is 5.53.